The summed E-state index contributed by atoms with van der Waals surface area (Å²) >= 11 is 0. The zero-order valence-corrected chi connectivity index (χ0v) is 19.3. The third kappa shape index (κ3) is 11.1. The van der Waals surface area contributed by atoms with Crippen LogP contribution < -0.4 is 17.2 Å². The van der Waals surface area contributed by atoms with E-state index in [-0.39, 0.29) is 0 Å². The van der Waals surface area contributed by atoms with Gasteiger partial charge in [0.25, 0.3) is 0 Å². The first-order chi connectivity index (χ1) is 14.4. The predicted molar refractivity (Wildman–Crippen MR) is 133 cm³/mol. The van der Waals surface area contributed by atoms with Crippen LogP contribution in [0.5, 0.6) is 0 Å². The molecule has 31 heavy (non-hydrogen) atoms. The van der Waals surface area contributed by atoms with Gasteiger partial charge in [0.05, 0.1) is 0 Å². The molecule has 9 N–H and O–H groups in total. The molecule has 0 amide bonds. The summed E-state index contributed by atoms with van der Waals surface area (Å²) in [5.41, 5.74) is 26.9. The van der Waals surface area contributed by atoms with Crippen molar-refractivity contribution in [3.8, 4) is 0 Å². The maximum atomic E-state index is 7.17. The van der Waals surface area contributed by atoms with E-state index in [0.717, 1.165) is 17.1 Å². The number of nitrogen functional groups attached to an aromatic ring is 3. The van der Waals surface area contributed by atoms with Crippen LogP contribution in [0.4, 0.5) is 17.1 Å². The summed E-state index contributed by atoms with van der Waals surface area (Å²) in [7, 11) is -2.17. The van der Waals surface area contributed by atoms with Crippen LogP contribution in [0.25, 0.3) is 0 Å². The van der Waals surface area contributed by atoms with Crippen LogP contribution in [0.2, 0.25) is 0 Å². The van der Waals surface area contributed by atoms with E-state index >= 15 is 0 Å². The smallest absolute Gasteiger partial charge is 0.402 e. The lowest BCUT2D eigenvalue weighted by atomic mass is 10.1. The molecule has 3 aromatic carbocycles. The lowest BCUT2D eigenvalue weighted by molar-refractivity contribution is 0.278. The molecular formula is C24H36BN3O3. The zero-order chi connectivity index (χ0) is 24.1. The molecule has 0 unspecified atom stereocenters. The number of hydrogen-bond donors (Lipinski definition) is 6. The Morgan fingerprint density at radius 1 is 0.484 bits per heavy atom. The highest BCUT2D eigenvalue weighted by atomic mass is 16.5. The minimum absolute atomic E-state index is 0.884. The predicted octanol–water partition coefficient (Wildman–Crippen LogP) is 3.61. The van der Waals surface area contributed by atoms with Crippen LogP contribution >= 0.6 is 0 Å². The van der Waals surface area contributed by atoms with Gasteiger partial charge in [-0.3, -0.25) is 0 Å². The molecule has 0 aliphatic carbocycles. The third-order valence-electron chi connectivity index (χ3n) is 4.94. The van der Waals surface area contributed by atoms with Gasteiger partial charge in [-0.2, -0.15) is 0 Å². The number of aryl methyl sites for hydroxylation is 3. The minimum Gasteiger partial charge on any atom is -0.402 e. The van der Waals surface area contributed by atoms with Gasteiger partial charge in [0.1, 0.15) is 0 Å². The van der Waals surface area contributed by atoms with Gasteiger partial charge in [-0.15, -0.1) is 0 Å². The highest BCUT2D eigenvalue weighted by Gasteiger charge is 1.94. The van der Waals surface area contributed by atoms with Crippen LogP contribution in [-0.4, -0.2) is 22.4 Å². The van der Waals surface area contributed by atoms with Gasteiger partial charge in [0.2, 0.25) is 0 Å². The van der Waals surface area contributed by atoms with E-state index in [1.807, 2.05) is 57.2 Å². The quantitative estimate of drug-likeness (QED) is 0.240. The molecule has 0 heterocycles. The standard InChI is InChI=1S/3C8H11N.BH3O3/c3*1-6-4-3-5-8(9)7(6)2;2-1(3)4/h3*3-5H,9H2,1-2H3;2-4H. The zero-order valence-electron chi connectivity index (χ0n) is 19.3. The van der Waals surface area contributed by atoms with E-state index < -0.39 is 7.32 Å². The van der Waals surface area contributed by atoms with Crippen molar-refractivity contribution >= 4 is 24.4 Å². The van der Waals surface area contributed by atoms with Gasteiger partial charge in [-0.05, 0) is 93.1 Å². The summed E-state index contributed by atoms with van der Waals surface area (Å²) in [6.45, 7) is 12.3. The first-order valence-corrected chi connectivity index (χ1v) is 9.87. The van der Waals surface area contributed by atoms with Crippen LogP contribution in [0.3, 0.4) is 0 Å². The Bertz CT molecular complexity index is 766. The van der Waals surface area contributed by atoms with Crippen molar-refractivity contribution in [1.82, 2.24) is 0 Å². The molecule has 0 bridgehead atoms. The van der Waals surface area contributed by atoms with Gasteiger partial charge in [0.15, 0.2) is 0 Å². The van der Waals surface area contributed by atoms with Crippen molar-refractivity contribution in [3.05, 3.63) is 88.0 Å². The Morgan fingerprint density at radius 3 is 0.806 bits per heavy atom. The fourth-order valence-corrected chi connectivity index (χ4v) is 2.32. The molecule has 0 aromatic heterocycles. The van der Waals surface area contributed by atoms with Crippen molar-refractivity contribution in [1.29, 1.82) is 0 Å². The van der Waals surface area contributed by atoms with E-state index in [1.54, 1.807) is 0 Å². The molecule has 3 rings (SSSR count). The summed E-state index contributed by atoms with van der Waals surface area (Å²) in [4.78, 5) is 0. The van der Waals surface area contributed by atoms with Crippen molar-refractivity contribution < 1.29 is 15.1 Å². The number of benzene rings is 3. The van der Waals surface area contributed by atoms with E-state index in [4.69, 9.17) is 32.3 Å². The Labute approximate surface area is 186 Å². The van der Waals surface area contributed by atoms with Crippen LogP contribution in [0.15, 0.2) is 54.6 Å². The summed E-state index contributed by atoms with van der Waals surface area (Å²) in [6.07, 6.45) is 0. The van der Waals surface area contributed by atoms with E-state index in [9.17, 15) is 0 Å². The monoisotopic (exact) mass is 425 g/mol. The Balaban J connectivity index is 0.000000402. The van der Waals surface area contributed by atoms with Crippen molar-refractivity contribution in [2.24, 2.45) is 0 Å². The minimum atomic E-state index is -2.17. The van der Waals surface area contributed by atoms with Gasteiger partial charge in [-0.1, -0.05) is 36.4 Å². The fourth-order valence-electron chi connectivity index (χ4n) is 2.32. The summed E-state index contributed by atoms with van der Waals surface area (Å²) < 4.78 is 0. The lowest BCUT2D eigenvalue weighted by Gasteiger charge is -2.00. The second kappa shape index (κ2) is 14.1. The molecular weight excluding hydrogens is 389 g/mol. The van der Waals surface area contributed by atoms with Crippen LogP contribution in [0, 0.1) is 41.5 Å². The second-order valence-electron chi connectivity index (χ2n) is 7.21. The van der Waals surface area contributed by atoms with E-state index in [1.165, 1.54) is 33.4 Å². The second-order valence-corrected chi connectivity index (χ2v) is 7.21. The highest BCUT2D eigenvalue weighted by molar-refractivity contribution is 6.30. The van der Waals surface area contributed by atoms with Crippen LogP contribution in [-0.2, 0) is 0 Å². The molecule has 0 saturated carbocycles. The maximum Gasteiger partial charge on any atom is 0.631 e. The topological polar surface area (TPSA) is 139 Å². The number of hydrogen-bond acceptors (Lipinski definition) is 6. The molecule has 0 radical (unpaired) electrons. The third-order valence-corrected chi connectivity index (χ3v) is 4.94. The first kappa shape index (κ1) is 28.0. The van der Waals surface area contributed by atoms with Crippen molar-refractivity contribution in [2.45, 2.75) is 41.5 Å². The average Bonchev–Trinajstić information content (AvgIpc) is 2.69. The molecule has 0 saturated heterocycles. The molecule has 7 heteroatoms. The molecule has 0 aliphatic heterocycles. The first-order valence-electron chi connectivity index (χ1n) is 9.87. The molecule has 3 aromatic rings. The fraction of sp³-hybridized carbons (Fsp3) is 0.250. The van der Waals surface area contributed by atoms with Crippen LogP contribution in [0.1, 0.15) is 33.4 Å². The summed E-state index contributed by atoms with van der Waals surface area (Å²) in [6, 6.07) is 17.9. The molecule has 0 fully saturated rings. The van der Waals surface area contributed by atoms with Gasteiger partial charge in [0, 0.05) is 17.1 Å². The SMILES string of the molecule is Cc1cccc(N)c1C.Cc1cccc(N)c1C.Cc1cccc(N)c1C.OB(O)O. The number of rotatable bonds is 0. The van der Waals surface area contributed by atoms with Crippen molar-refractivity contribution in [3.63, 3.8) is 0 Å². The maximum absolute atomic E-state index is 7.17. The van der Waals surface area contributed by atoms with E-state index in [0.29, 0.717) is 0 Å². The lowest BCUT2D eigenvalue weighted by Crippen LogP contribution is -2.07. The van der Waals surface area contributed by atoms with Gasteiger partial charge < -0.3 is 32.3 Å². The summed E-state index contributed by atoms with van der Waals surface area (Å²) in [5, 5.41) is 21.5. The number of nitrogens with two attached hydrogens (primary N) is 3. The Hall–Kier alpha value is -3.00. The largest absolute Gasteiger partial charge is 0.631 e. The number of anilines is 3. The Morgan fingerprint density at radius 2 is 0.677 bits per heavy atom. The molecule has 0 aliphatic rings. The highest BCUT2D eigenvalue weighted by Crippen LogP contribution is 2.14. The average molecular weight is 425 g/mol. The van der Waals surface area contributed by atoms with Gasteiger partial charge in [-0.25, -0.2) is 0 Å². The van der Waals surface area contributed by atoms with Crippen molar-refractivity contribution in [2.75, 3.05) is 17.2 Å². The molecule has 168 valence electrons. The molecule has 0 spiro atoms. The normalized spacial score (nSPS) is 9.19. The van der Waals surface area contributed by atoms with E-state index in [2.05, 4.69) is 39.0 Å². The Kier molecular flexibility index (Phi) is 12.7. The van der Waals surface area contributed by atoms with Gasteiger partial charge >= 0.3 is 7.32 Å². The molecule has 0 atom stereocenters. The molecule has 6 nitrogen and oxygen atoms in total. The summed E-state index contributed by atoms with van der Waals surface area (Å²) in [5.74, 6) is 0.